The van der Waals surface area contributed by atoms with Crippen molar-refractivity contribution in [2.75, 3.05) is 65.2 Å². The van der Waals surface area contributed by atoms with Crippen molar-refractivity contribution >= 4 is 15.7 Å². The van der Waals surface area contributed by atoms with Crippen molar-refractivity contribution in [3.05, 3.63) is 89.0 Å². The molecular formula is C39H51N3O7S. The average molecular weight is 706 g/mol. The van der Waals surface area contributed by atoms with Crippen molar-refractivity contribution in [3.8, 4) is 11.8 Å². The second kappa shape index (κ2) is 18.1. The summed E-state index contributed by atoms with van der Waals surface area (Å²) in [6.45, 7) is 9.17. The Hall–Kier alpha value is -3.50. The Balaban J connectivity index is 1.39. The van der Waals surface area contributed by atoms with E-state index in [0.29, 0.717) is 52.0 Å². The van der Waals surface area contributed by atoms with Crippen LogP contribution in [0.25, 0.3) is 0 Å². The first-order valence-electron chi connectivity index (χ1n) is 17.5. The molecule has 0 aliphatic carbocycles. The Bertz CT molecular complexity index is 1660. The number of sulfonamides is 1. The minimum absolute atomic E-state index is 0.0869. The number of nitrogens with zero attached hydrogens (tertiary/aromatic N) is 3. The zero-order chi connectivity index (χ0) is 35.5. The summed E-state index contributed by atoms with van der Waals surface area (Å²) in [4.78, 5) is 2.53. The van der Waals surface area contributed by atoms with Crippen LogP contribution < -0.4 is 9.64 Å². The summed E-state index contributed by atoms with van der Waals surface area (Å²) in [5, 5.41) is 9.82. The van der Waals surface area contributed by atoms with E-state index < -0.39 is 22.2 Å². The lowest BCUT2D eigenvalue weighted by atomic mass is 9.83. The molecule has 0 aromatic heterocycles. The van der Waals surface area contributed by atoms with Gasteiger partial charge in [0, 0.05) is 51.8 Å². The van der Waals surface area contributed by atoms with Crippen molar-refractivity contribution in [2.45, 2.75) is 69.3 Å². The summed E-state index contributed by atoms with van der Waals surface area (Å²) >= 11 is 0. The molecule has 2 heterocycles. The first kappa shape index (κ1) is 37.7. The van der Waals surface area contributed by atoms with E-state index in [1.807, 2.05) is 19.1 Å². The van der Waals surface area contributed by atoms with E-state index in [9.17, 15) is 13.7 Å². The van der Waals surface area contributed by atoms with E-state index in [-0.39, 0.29) is 23.8 Å². The van der Waals surface area contributed by atoms with Gasteiger partial charge in [0.15, 0.2) is 0 Å². The van der Waals surface area contributed by atoms with Gasteiger partial charge >= 0.3 is 0 Å². The number of anilines is 1. The molecule has 0 N–H and O–H groups in total. The molecule has 0 amide bonds. The maximum atomic E-state index is 14.1. The quantitative estimate of drug-likeness (QED) is 0.155. The molecule has 10 nitrogen and oxygen atoms in total. The van der Waals surface area contributed by atoms with Crippen LogP contribution in [0.5, 0.6) is 5.75 Å². The number of methoxy groups -OCH3 is 2. The van der Waals surface area contributed by atoms with Gasteiger partial charge in [0.25, 0.3) is 0 Å². The second-order valence-electron chi connectivity index (χ2n) is 13.4. The summed E-state index contributed by atoms with van der Waals surface area (Å²) in [5.41, 5.74) is 5.08. The summed E-state index contributed by atoms with van der Waals surface area (Å²) in [5.74, 6) is 1.03. The van der Waals surface area contributed by atoms with Crippen LogP contribution in [0.1, 0.15) is 54.4 Å². The maximum absolute atomic E-state index is 14.1. The van der Waals surface area contributed by atoms with Gasteiger partial charge in [0.2, 0.25) is 10.0 Å². The van der Waals surface area contributed by atoms with E-state index in [4.69, 9.17) is 23.7 Å². The Kier molecular flexibility index (Phi) is 13.7. The Morgan fingerprint density at radius 1 is 0.980 bits per heavy atom. The van der Waals surface area contributed by atoms with Crippen molar-refractivity contribution < 1.29 is 32.1 Å². The smallest absolute Gasteiger partial charge is 0.243 e. The molecule has 11 heteroatoms. The van der Waals surface area contributed by atoms with E-state index in [1.54, 1.807) is 38.5 Å². The Morgan fingerprint density at radius 3 is 2.46 bits per heavy atom. The number of aryl methyl sites for hydroxylation is 1. The molecule has 2 aliphatic rings. The Morgan fingerprint density at radius 2 is 1.74 bits per heavy atom. The van der Waals surface area contributed by atoms with Gasteiger partial charge in [-0.15, -0.1) is 0 Å². The van der Waals surface area contributed by atoms with Gasteiger partial charge in [-0.1, -0.05) is 55.0 Å². The lowest BCUT2D eigenvalue weighted by Gasteiger charge is -2.42. The van der Waals surface area contributed by atoms with Gasteiger partial charge in [-0.3, -0.25) is 0 Å². The first-order chi connectivity index (χ1) is 24.2. The molecule has 1 saturated heterocycles. The fourth-order valence-electron chi connectivity index (χ4n) is 6.78. The van der Waals surface area contributed by atoms with E-state index in [1.165, 1.54) is 4.31 Å². The minimum Gasteiger partial charge on any atom is -0.490 e. The normalized spacial score (nSPS) is 20.1. The van der Waals surface area contributed by atoms with E-state index in [2.05, 4.69) is 48.2 Å². The fourth-order valence-corrected chi connectivity index (χ4v) is 8.43. The van der Waals surface area contributed by atoms with Gasteiger partial charge in [0.1, 0.15) is 12.4 Å². The van der Waals surface area contributed by atoms with Gasteiger partial charge in [0.05, 0.1) is 62.1 Å². The molecule has 1 fully saturated rings. The molecular weight excluding hydrogens is 655 g/mol. The zero-order valence-corrected chi connectivity index (χ0v) is 30.6. The molecule has 270 valence electrons. The molecule has 50 heavy (non-hydrogen) atoms. The highest BCUT2D eigenvalue weighted by atomic mass is 32.2. The molecule has 3 aromatic rings. The topological polar surface area (TPSA) is 111 Å². The second-order valence-corrected chi connectivity index (χ2v) is 15.3. The van der Waals surface area contributed by atoms with Gasteiger partial charge < -0.3 is 28.6 Å². The monoisotopic (exact) mass is 705 g/mol. The predicted octanol–water partition coefficient (Wildman–Crippen LogP) is 6.08. The summed E-state index contributed by atoms with van der Waals surface area (Å²) in [6, 6.07) is 23.0. The number of ether oxygens (including phenoxy) is 5. The van der Waals surface area contributed by atoms with E-state index >= 15 is 0 Å². The number of rotatable bonds is 17. The van der Waals surface area contributed by atoms with Crippen LogP contribution in [0.3, 0.4) is 0 Å². The van der Waals surface area contributed by atoms with E-state index in [0.717, 1.165) is 53.2 Å². The number of nitriles is 1. The lowest BCUT2D eigenvalue weighted by Crippen LogP contribution is -2.52. The number of hydrogen-bond acceptors (Lipinski definition) is 9. The van der Waals surface area contributed by atoms with Crippen LogP contribution in [0, 0.1) is 24.2 Å². The molecule has 0 saturated carbocycles. The largest absolute Gasteiger partial charge is 0.490 e. The average Bonchev–Trinajstić information content (AvgIpc) is 3.12. The zero-order valence-electron chi connectivity index (χ0n) is 29.8. The van der Waals surface area contributed by atoms with Gasteiger partial charge in [-0.25, -0.2) is 8.42 Å². The molecule has 2 aliphatic heterocycles. The highest BCUT2D eigenvalue weighted by Crippen LogP contribution is 2.39. The molecule has 0 spiro atoms. The predicted molar refractivity (Wildman–Crippen MR) is 193 cm³/mol. The third-order valence-corrected chi connectivity index (χ3v) is 11.4. The molecule has 5 rings (SSSR count). The third-order valence-electron chi connectivity index (χ3n) is 9.45. The van der Waals surface area contributed by atoms with Crippen LogP contribution in [-0.4, -0.2) is 85.2 Å². The fraction of sp³-hybridized carbons (Fsp3) is 0.513. The first-order valence-corrected chi connectivity index (χ1v) is 18.9. The number of fused-ring (bicyclic) bond motifs is 1. The SMILES string of the molecule is COCCCN1CCOc2ccc(CO[C@H]3CN(S(=O)(=O)c4ccc(C)cc4)[C@H](CC#N)C[C@@H]3c3ccc(COC[C@@H](C)COC)cc3)cc21. The number of piperidine rings is 1. The molecule has 0 unspecified atom stereocenters. The number of hydrogen-bond donors (Lipinski definition) is 0. The third kappa shape index (κ3) is 9.63. The lowest BCUT2D eigenvalue weighted by molar-refractivity contribution is -0.0192. The van der Waals surface area contributed by atoms with Gasteiger partial charge in [-0.2, -0.15) is 9.57 Å². The summed E-state index contributed by atoms with van der Waals surface area (Å²) < 4.78 is 58.7. The minimum atomic E-state index is -3.89. The maximum Gasteiger partial charge on any atom is 0.243 e. The molecule has 4 atom stereocenters. The molecule has 0 bridgehead atoms. The van der Waals surface area contributed by atoms with Crippen LogP contribution in [0.2, 0.25) is 0 Å². The number of benzene rings is 3. The highest BCUT2D eigenvalue weighted by molar-refractivity contribution is 7.89. The van der Waals surface area contributed by atoms with Crippen molar-refractivity contribution in [1.82, 2.24) is 4.31 Å². The molecule has 3 aromatic carbocycles. The van der Waals surface area contributed by atoms with Crippen LogP contribution in [0.15, 0.2) is 71.6 Å². The van der Waals surface area contributed by atoms with Crippen LogP contribution in [-0.2, 0) is 42.2 Å². The van der Waals surface area contributed by atoms with Crippen molar-refractivity contribution in [2.24, 2.45) is 5.92 Å². The Labute approximate surface area is 297 Å². The van der Waals surface area contributed by atoms with Crippen molar-refractivity contribution in [3.63, 3.8) is 0 Å². The summed E-state index contributed by atoms with van der Waals surface area (Å²) in [7, 11) is -0.482. The molecule has 0 radical (unpaired) electrons. The standard InChI is InChI=1S/C39H51N3O7S/c1-29-6-13-35(14-7-29)50(43,44)42-24-39(49-28-32-10-15-38-37(22-32)41(19-21-48-38)18-5-20-45-3)36(23-34(42)16-17-40)33-11-8-31(9-12-33)27-47-26-30(2)25-46-4/h6-15,22,30,34,36,39H,5,16,18-21,23-28H2,1-4H3/t30-,34+,36+,39-/m0/s1. The van der Waals surface area contributed by atoms with Crippen molar-refractivity contribution in [1.29, 1.82) is 5.26 Å². The highest BCUT2D eigenvalue weighted by Gasteiger charge is 2.43. The van der Waals surface area contributed by atoms with Crippen LogP contribution >= 0.6 is 0 Å². The van der Waals surface area contributed by atoms with Gasteiger partial charge in [-0.05, 0) is 60.7 Å². The summed E-state index contributed by atoms with van der Waals surface area (Å²) in [6.07, 6.45) is 1.00. The van der Waals surface area contributed by atoms with Crippen LogP contribution in [0.4, 0.5) is 5.69 Å².